The van der Waals surface area contributed by atoms with Crippen molar-refractivity contribution in [2.45, 2.75) is 0 Å². The van der Waals surface area contributed by atoms with Gasteiger partial charge in [0.25, 0.3) is 5.91 Å². The molecule has 3 N–H and O–H groups in total. The van der Waals surface area contributed by atoms with E-state index in [4.69, 9.17) is 10.6 Å². The zero-order valence-electron chi connectivity index (χ0n) is 11.3. The number of hydrogen-bond acceptors (Lipinski definition) is 5. The number of nitrogens with one attached hydrogen (secondary N) is 1. The van der Waals surface area contributed by atoms with Crippen LogP contribution in [0.3, 0.4) is 0 Å². The van der Waals surface area contributed by atoms with Crippen LogP contribution >= 0.6 is 0 Å². The first-order valence-corrected chi connectivity index (χ1v) is 6.00. The Labute approximate surface area is 117 Å². The number of hydrogen-bond donors (Lipinski definition) is 2. The number of nitrogens with two attached hydrogens (primary N) is 1. The zero-order chi connectivity index (χ0) is 14.5. The average Bonchev–Trinajstić information content (AvgIpc) is 2.53. The molecule has 0 spiro atoms. The van der Waals surface area contributed by atoms with Gasteiger partial charge in [-0.05, 0) is 30.3 Å². The highest BCUT2D eigenvalue weighted by Gasteiger charge is 2.16. The number of nitrogen functional groups attached to an aromatic ring is 1. The quantitative estimate of drug-likeness (QED) is 0.653. The largest absolute Gasteiger partial charge is 0.497 e. The Bertz CT molecular complexity index is 598. The van der Waals surface area contributed by atoms with Crippen LogP contribution in [0.1, 0.15) is 10.4 Å². The van der Waals surface area contributed by atoms with Gasteiger partial charge in [0.2, 0.25) is 0 Å². The van der Waals surface area contributed by atoms with Gasteiger partial charge in [-0.15, -0.1) is 0 Å². The Morgan fingerprint density at radius 2 is 2.00 bits per heavy atom. The zero-order valence-corrected chi connectivity index (χ0v) is 11.3. The Kier molecular flexibility index (Phi) is 4.17. The van der Waals surface area contributed by atoms with Crippen LogP contribution in [0, 0.1) is 0 Å². The lowest BCUT2D eigenvalue weighted by atomic mass is 10.2. The molecule has 0 bridgehead atoms. The predicted molar refractivity (Wildman–Crippen MR) is 77.8 cm³/mol. The van der Waals surface area contributed by atoms with Crippen molar-refractivity contribution in [3.05, 3.63) is 48.3 Å². The number of benzene rings is 1. The van der Waals surface area contributed by atoms with Gasteiger partial charge in [-0.1, -0.05) is 0 Å². The minimum absolute atomic E-state index is 0.175. The standard InChI is InChI=1S/C14H16N4O2/c1-18(10-3-5-11(20-2)6-4-10)14(19)12-7-8-16-9-13(12)17-15/h3-9,17H,15H2,1-2H3. The molecule has 0 atom stereocenters. The highest BCUT2D eigenvalue weighted by Crippen LogP contribution is 2.21. The van der Waals surface area contributed by atoms with Crippen LogP contribution in [-0.4, -0.2) is 25.0 Å². The monoisotopic (exact) mass is 272 g/mol. The maximum atomic E-state index is 12.5. The van der Waals surface area contributed by atoms with E-state index in [1.165, 1.54) is 11.1 Å². The first-order chi connectivity index (χ1) is 9.67. The number of ether oxygens (including phenoxy) is 1. The molecule has 6 nitrogen and oxygen atoms in total. The molecule has 0 aliphatic heterocycles. The van der Waals surface area contributed by atoms with Crippen molar-refractivity contribution < 1.29 is 9.53 Å². The van der Waals surface area contributed by atoms with Crippen molar-refractivity contribution >= 4 is 17.3 Å². The number of anilines is 2. The molecular formula is C14H16N4O2. The van der Waals surface area contributed by atoms with Gasteiger partial charge in [0.1, 0.15) is 5.75 Å². The lowest BCUT2D eigenvalue weighted by molar-refractivity contribution is 0.0993. The van der Waals surface area contributed by atoms with E-state index in [0.29, 0.717) is 11.3 Å². The summed E-state index contributed by atoms with van der Waals surface area (Å²) in [6.45, 7) is 0. The summed E-state index contributed by atoms with van der Waals surface area (Å²) in [6.07, 6.45) is 3.06. The molecule has 1 amide bonds. The molecule has 0 aliphatic carbocycles. The third-order valence-electron chi connectivity index (χ3n) is 2.97. The van der Waals surface area contributed by atoms with E-state index in [9.17, 15) is 4.79 Å². The number of carbonyl (C=O) groups excluding carboxylic acids is 1. The average molecular weight is 272 g/mol. The van der Waals surface area contributed by atoms with Crippen molar-refractivity contribution in [1.82, 2.24) is 4.98 Å². The van der Waals surface area contributed by atoms with Crippen molar-refractivity contribution in [2.75, 3.05) is 24.5 Å². The van der Waals surface area contributed by atoms with Crippen LogP contribution in [0.25, 0.3) is 0 Å². The second kappa shape index (κ2) is 6.03. The summed E-state index contributed by atoms with van der Waals surface area (Å²) in [6, 6.07) is 8.85. The van der Waals surface area contributed by atoms with Crippen molar-refractivity contribution in [3.8, 4) is 5.75 Å². The molecular weight excluding hydrogens is 256 g/mol. The fourth-order valence-electron chi connectivity index (χ4n) is 1.80. The van der Waals surface area contributed by atoms with Crippen LogP contribution in [0.4, 0.5) is 11.4 Å². The molecule has 104 valence electrons. The molecule has 1 heterocycles. The normalized spacial score (nSPS) is 9.95. The van der Waals surface area contributed by atoms with Crippen molar-refractivity contribution in [3.63, 3.8) is 0 Å². The van der Waals surface area contributed by atoms with Crippen molar-refractivity contribution in [1.29, 1.82) is 0 Å². The molecule has 1 aromatic heterocycles. The summed E-state index contributed by atoms with van der Waals surface area (Å²) in [4.78, 5) is 17.9. The maximum Gasteiger partial charge on any atom is 0.260 e. The summed E-state index contributed by atoms with van der Waals surface area (Å²) in [7, 11) is 3.30. The van der Waals surface area contributed by atoms with Crippen LogP contribution in [-0.2, 0) is 0 Å². The molecule has 0 aliphatic rings. The van der Waals surface area contributed by atoms with Crippen LogP contribution in [0.15, 0.2) is 42.7 Å². The number of aromatic nitrogens is 1. The number of amides is 1. The maximum absolute atomic E-state index is 12.5. The van der Waals surface area contributed by atoms with Gasteiger partial charge >= 0.3 is 0 Å². The molecule has 1 aromatic carbocycles. The molecule has 0 saturated heterocycles. The highest BCUT2D eigenvalue weighted by atomic mass is 16.5. The Balaban J connectivity index is 2.27. The van der Waals surface area contributed by atoms with E-state index in [-0.39, 0.29) is 5.91 Å². The second-order valence-electron chi connectivity index (χ2n) is 4.13. The van der Waals surface area contributed by atoms with Crippen molar-refractivity contribution in [2.24, 2.45) is 5.84 Å². The SMILES string of the molecule is COc1ccc(N(C)C(=O)c2ccncc2NN)cc1. The van der Waals surface area contributed by atoms with E-state index >= 15 is 0 Å². The van der Waals surface area contributed by atoms with Gasteiger partial charge in [-0.2, -0.15) is 0 Å². The molecule has 2 aromatic rings. The number of nitrogens with zero attached hydrogens (tertiary/aromatic N) is 2. The van der Waals surface area contributed by atoms with Gasteiger partial charge in [0.05, 0.1) is 24.6 Å². The number of rotatable bonds is 4. The van der Waals surface area contributed by atoms with E-state index in [0.717, 1.165) is 11.4 Å². The van der Waals surface area contributed by atoms with E-state index in [2.05, 4.69) is 10.4 Å². The van der Waals surface area contributed by atoms with Gasteiger partial charge in [0, 0.05) is 18.9 Å². The van der Waals surface area contributed by atoms with Gasteiger partial charge in [-0.3, -0.25) is 15.6 Å². The highest BCUT2D eigenvalue weighted by molar-refractivity contribution is 6.09. The topological polar surface area (TPSA) is 80.5 Å². The van der Waals surface area contributed by atoms with E-state index in [1.807, 2.05) is 12.1 Å². The molecule has 0 fully saturated rings. The Morgan fingerprint density at radius 1 is 1.30 bits per heavy atom. The Hall–Kier alpha value is -2.60. The molecule has 6 heteroatoms. The summed E-state index contributed by atoms with van der Waals surface area (Å²) in [5.74, 6) is 5.95. The smallest absolute Gasteiger partial charge is 0.260 e. The molecule has 0 saturated carbocycles. The Morgan fingerprint density at radius 3 is 2.60 bits per heavy atom. The van der Waals surface area contributed by atoms with E-state index in [1.54, 1.807) is 38.6 Å². The number of pyridine rings is 1. The first kappa shape index (κ1) is 13.8. The van der Waals surface area contributed by atoms with E-state index < -0.39 is 0 Å². The fourth-order valence-corrected chi connectivity index (χ4v) is 1.80. The molecule has 0 unspecified atom stereocenters. The van der Waals surface area contributed by atoms with Crippen LogP contribution in [0.5, 0.6) is 5.75 Å². The summed E-state index contributed by atoms with van der Waals surface area (Å²) in [5.41, 5.74) is 4.17. The lowest BCUT2D eigenvalue weighted by Crippen LogP contribution is -2.27. The van der Waals surface area contributed by atoms with Crippen LogP contribution < -0.4 is 20.9 Å². The first-order valence-electron chi connectivity index (χ1n) is 6.00. The van der Waals surface area contributed by atoms with Gasteiger partial charge in [-0.25, -0.2) is 0 Å². The number of methoxy groups -OCH3 is 1. The summed E-state index contributed by atoms with van der Waals surface area (Å²) in [5, 5.41) is 0. The number of carbonyl (C=O) groups is 1. The van der Waals surface area contributed by atoms with Gasteiger partial charge in [0.15, 0.2) is 0 Å². The molecule has 0 radical (unpaired) electrons. The van der Waals surface area contributed by atoms with Gasteiger partial charge < -0.3 is 15.1 Å². The third kappa shape index (κ3) is 2.70. The number of hydrazine groups is 1. The summed E-state index contributed by atoms with van der Waals surface area (Å²) >= 11 is 0. The summed E-state index contributed by atoms with van der Waals surface area (Å²) < 4.78 is 5.09. The fraction of sp³-hybridized carbons (Fsp3) is 0.143. The minimum atomic E-state index is -0.175. The third-order valence-corrected chi connectivity index (χ3v) is 2.97. The molecule has 20 heavy (non-hydrogen) atoms. The lowest BCUT2D eigenvalue weighted by Gasteiger charge is -2.19. The van der Waals surface area contributed by atoms with Crippen LogP contribution in [0.2, 0.25) is 0 Å². The molecule has 2 rings (SSSR count). The second-order valence-corrected chi connectivity index (χ2v) is 4.13. The minimum Gasteiger partial charge on any atom is -0.497 e. The predicted octanol–water partition coefficient (Wildman–Crippen LogP) is 1.65.